The van der Waals surface area contributed by atoms with E-state index in [1.54, 1.807) is 31.6 Å². The molecule has 5 heteroatoms. The number of hydrogen-bond donors (Lipinski definition) is 1. The molecule has 0 spiro atoms. The van der Waals surface area contributed by atoms with Crippen molar-refractivity contribution in [3.05, 3.63) is 71.7 Å². The topological polar surface area (TPSA) is 63.6 Å². The number of carbonyl (C=O) groups is 1. The fourth-order valence-corrected chi connectivity index (χ4v) is 1.58. The summed E-state index contributed by atoms with van der Waals surface area (Å²) in [7, 11) is 1.55. The van der Waals surface area contributed by atoms with Gasteiger partial charge >= 0.3 is 0 Å². The number of nitrogens with one attached hydrogen (secondary N) is 1. The summed E-state index contributed by atoms with van der Waals surface area (Å²) in [5.74, 6) is 0.236. The van der Waals surface area contributed by atoms with Crippen LogP contribution < -0.4 is 5.43 Å². The molecule has 21 heavy (non-hydrogen) atoms. The number of pyridine rings is 1. The number of nitrogens with zero attached hydrogens (tertiary/aromatic N) is 2. The second kappa shape index (κ2) is 7.59. The summed E-state index contributed by atoms with van der Waals surface area (Å²) in [5, 5.41) is 3.88. The van der Waals surface area contributed by atoms with Crippen LogP contribution in [0.2, 0.25) is 0 Å². The Bertz CT molecular complexity index is 637. The average molecular weight is 281 g/mol. The second-order valence-electron chi connectivity index (χ2n) is 4.10. The molecule has 1 heterocycles. The van der Waals surface area contributed by atoms with Gasteiger partial charge in [-0.1, -0.05) is 30.3 Å². The summed E-state index contributed by atoms with van der Waals surface area (Å²) in [5.41, 5.74) is 3.91. The first-order valence-corrected chi connectivity index (χ1v) is 6.34. The van der Waals surface area contributed by atoms with Crippen molar-refractivity contribution in [3.63, 3.8) is 0 Å². The van der Waals surface area contributed by atoms with Crippen LogP contribution in [0.25, 0.3) is 6.08 Å². The Morgan fingerprint density at radius 2 is 1.90 bits per heavy atom. The third-order valence-corrected chi connectivity index (χ3v) is 2.64. The standard InChI is InChI=1S/C16H15N3O2/c1-21-15(11-13-5-3-2-4-6-13)12-18-19-16(20)14-7-9-17-10-8-14/h2-12H,1H3,(H,19,20). The molecule has 106 valence electrons. The van der Waals surface area contributed by atoms with Crippen molar-refractivity contribution >= 4 is 18.2 Å². The minimum atomic E-state index is -0.302. The van der Waals surface area contributed by atoms with Crippen molar-refractivity contribution in [1.29, 1.82) is 0 Å². The molecule has 0 saturated carbocycles. The zero-order valence-corrected chi connectivity index (χ0v) is 11.6. The number of carbonyl (C=O) groups excluding carboxylic acids is 1. The molecule has 2 rings (SSSR count). The van der Waals surface area contributed by atoms with Crippen LogP contribution in [0.4, 0.5) is 0 Å². The average Bonchev–Trinajstić information content (AvgIpc) is 2.55. The number of hydrogen-bond acceptors (Lipinski definition) is 4. The molecular formula is C16H15N3O2. The highest BCUT2D eigenvalue weighted by Crippen LogP contribution is 2.05. The van der Waals surface area contributed by atoms with Crippen molar-refractivity contribution in [2.75, 3.05) is 7.11 Å². The van der Waals surface area contributed by atoms with Gasteiger partial charge in [0, 0.05) is 18.0 Å². The highest BCUT2D eigenvalue weighted by Gasteiger charge is 2.02. The molecule has 0 fully saturated rings. The van der Waals surface area contributed by atoms with Gasteiger partial charge in [0.15, 0.2) is 0 Å². The van der Waals surface area contributed by atoms with E-state index in [1.165, 1.54) is 6.21 Å². The van der Waals surface area contributed by atoms with Crippen LogP contribution in [-0.2, 0) is 4.74 Å². The molecule has 5 nitrogen and oxygen atoms in total. The predicted molar refractivity (Wildman–Crippen MR) is 81.6 cm³/mol. The SMILES string of the molecule is COC(C=NNC(=O)c1ccncc1)=Cc1ccccc1. The van der Waals surface area contributed by atoms with E-state index >= 15 is 0 Å². The highest BCUT2D eigenvalue weighted by atomic mass is 16.5. The van der Waals surface area contributed by atoms with Crippen molar-refractivity contribution in [2.24, 2.45) is 5.10 Å². The number of ether oxygens (including phenoxy) is 1. The van der Waals surface area contributed by atoms with E-state index in [1.807, 2.05) is 36.4 Å². The van der Waals surface area contributed by atoms with Gasteiger partial charge in [-0.2, -0.15) is 5.10 Å². The molecule has 0 atom stereocenters. The zero-order chi connectivity index (χ0) is 14.9. The fourth-order valence-electron chi connectivity index (χ4n) is 1.58. The number of rotatable bonds is 5. The van der Waals surface area contributed by atoms with E-state index in [4.69, 9.17) is 4.74 Å². The van der Waals surface area contributed by atoms with Gasteiger partial charge in [0.05, 0.1) is 13.3 Å². The Labute approximate surface area is 123 Å². The van der Waals surface area contributed by atoms with Gasteiger partial charge in [0.2, 0.25) is 0 Å². The third-order valence-electron chi connectivity index (χ3n) is 2.64. The molecule has 0 aliphatic rings. The van der Waals surface area contributed by atoms with E-state index in [9.17, 15) is 4.79 Å². The van der Waals surface area contributed by atoms with Crippen LogP contribution in [-0.4, -0.2) is 24.2 Å². The molecule has 0 radical (unpaired) electrons. The Balaban J connectivity index is 1.99. The van der Waals surface area contributed by atoms with Gasteiger partial charge in [-0.25, -0.2) is 5.43 Å². The van der Waals surface area contributed by atoms with Crippen molar-refractivity contribution in [1.82, 2.24) is 10.4 Å². The number of allylic oxidation sites excluding steroid dienone is 1. The van der Waals surface area contributed by atoms with Crippen LogP contribution in [0.3, 0.4) is 0 Å². The van der Waals surface area contributed by atoms with E-state index in [0.29, 0.717) is 11.3 Å². The van der Waals surface area contributed by atoms with Crippen molar-refractivity contribution in [3.8, 4) is 0 Å². The van der Waals surface area contributed by atoms with Crippen LogP contribution in [0.15, 0.2) is 65.7 Å². The molecule has 1 aromatic carbocycles. The van der Waals surface area contributed by atoms with Crippen molar-refractivity contribution < 1.29 is 9.53 Å². The lowest BCUT2D eigenvalue weighted by atomic mass is 10.2. The maximum atomic E-state index is 11.8. The molecule has 0 aliphatic heterocycles. The normalized spacial score (nSPS) is 11.4. The van der Waals surface area contributed by atoms with Gasteiger partial charge in [0.25, 0.3) is 5.91 Å². The molecule has 0 bridgehead atoms. The predicted octanol–water partition coefficient (Wildman–Crippen LogP) is 2.48. The van der Waals surface area contributed by atoms with E-state index in [-0.39, 0.29) is 5.91 Å². The Kier molecular flexibility index (Phi) is 5.23. The summed E-state index contributed by atoms with van der Waals surface area (Å²) in [6, 6.07) is 12.9. The molecule has 1 N–H and O–H groups in total. The first-order valence-electron chi connectivity index (χ1n) is 6.34. The summed E-state index contributed by atoms with van der Waals surface area (Å²) < 4.78 is 5.19. The Hall–Kier alpha value is -2.95. The van der Waals surface area contributed by atoms with Crippen LogP contribution in [0, 0.1) is 0 Å². The summed E-state index contributed by atoms with van der Waals surface area (Å²) in [4.78, 5) is 15.6. The number of benzene rings is 1. The third kappa shape index (κ3) is 4.58. The van der Waals surface area contributed by atoms with E-state index < -0.39 is 0 Å². The van der Waals surface area contributed by atoms with Gasteiger partial charge in [-0.05, 0) is 23.8 Å². The van der Waals surface area contributed by atoms with Crippen molar-refractivity contribution in [2.45, 2.75) is 0 Å². The quantitative estimate of drug-likeness (QED) is 0.520. The Morgan fingerprint density at radius 3 is 2.57 bits per heavy atom. The maximum absolute atomic E-state index is 11.8. The number of hydrazone groups is 1. The fraction of sp³-hybridized carbons (Fsp3) is 0.0625. The first kappa shape index (κ1) is 14.5. The molecule has 1 aromatic heterocycles. The largest absolute Gasteiger partial charge is 0.495 e. The summed E-state index contributed by atoms with van der Waals surface area (Å²) in [6.07, 6.45) is 6.37. The second-order valence-corrected chi connectivity index (χ2v) is 4.10. The van der Waals surface area contributed by atoms with Gasteiger partial charge < -0.3 is 4.74 Å². The van der Waals surface area contributed by atoms with Crippen LogP contribution in [0.5, 0.6) is 0 Å². The lowest BCUT2D eigenvalue weighted by molar-refractivity contribution is 0.0955. The zero-order valence-electron chi connectivity index (χ0n) is 11.6. The first-order chi connectivity index (χ1) is 10.3. The molecule has 2 aromatic rings. The van der Waals surface area contributed by atoms with Crippen LogP contribution >= 0.6 is 0 Å². The smallest absolute Gasteiger partial charge is 0.271 e. The highest BCUT2D eigenvalue weighted by molar-refractivity contribution is 5.94. The van der Waals surface area contributed by atoms with Gasteiger partial charge in [0.1, 0.15) is 5.76 Å². The maximum Gasteiger partial charge on any atom is 0.271 e. The van der Waals surface area contributed by atoms with E-state index in [0.717, 1.165) is 5.56 Å². The molecule has 0 unspecified atom stereocenters. The molecular weight excluding hydrogens is 266 g/mol. The molecule has 0 saturated heterocycles. The lowest BCUT2D eigenvalue weighted by Crippen LogP contribution is -2.17. The van der Waals surface area contributed by atoms with E-state index in [2.05, 4.69) is 15.5 Å². The number of aromatic nitrogens is 1. The molecule has 0 aliphatic carbocycles. The Morgan fingerprint density at radius 1 is 1.19 bits per heavy atom. The lowest BCUT2D eigenvalue weighted by Gasteiger charge is -2.01. The summed E-state index contributed by atoms with van der Waals surface area (Å²) in [6.45, 7) is 0. The van der Waals surface area contributed by atoms with Gasteiger partial charge in [-0.3, -0.25) is 9.78 Å². The number of amides is 1. The van der Waals surface area contributed by atoms with Crippen LogP contribution in [0.1, 0.15) is 15.9 Å². The summed E-state index contributed by atoms with van der Waals surface area (Å²) >= 11 is 0. The monoisotopic (exact) mass is 281 g/mol. The minimum Gasteiger partial charge on any atom is -0.495 e. The van der Waals surface area contributed by atoms with Gasteiger partial charge in [-0.15, -0.1) is 0 Å². The minimum absolute atomic E-state index is 0.302. The molecule has 1 amide bonds. The number of methoxy groups -OCH3 is 1.